The van der Waals surface area contributed by atoms with Gasteiger partial charge < -0.3 is 5.32 Å². The third-order valence-corrected chi connectivity index (χ3v) is 3.99. The van der Waals surface area contributed by atoms with Gasteiger partial charge >= 0.3 is 0 Å². The van der Waals surface area contributed by atoms with Gasteiger partial charge in [0.15, 0.2) is 0 Å². The summed E-state index contributed by atoms with van der Waals surface area (Å²) >= 11 is 0. The summed E-state index contributed by atoms with van der Waals surface area (Å²) in [5.41, 5.74) is 2.81. The monoisotopic (exact) mass is 252 g/mol. The van der Waals surface area contributed by atoms with E-state index in [1.165, 1.54) is 37.3 Å². The molecule has 2 atom stereocenters. The molecular weight excluding hydrogens is 232 g/mol. The summed E-state index contributed by atoms with van der Waals surface area (Å²) in [5.74, 6) is 1.82. The minimum atomic E-state index is 0. The van der Waals surface area contributed by atoms with Crippen molar-refractivity contribution in [3.05, 3.63) is 35.4 Å². The van der Waals surface area contributed by atoms with Crippen LogP contribution in [0.25, 0.3) is 0 Å². The Morgan fingerprint density at radius 3 is 2.29 bits per heavy atom. The molecule has 3 heteroatoms. The quantitative estimate of drug-likeness (QED) is 0.867. The van der Waals surface area contributed by atoms with Crippen LogP contribution >= 0.6 is 12.4 Å². The lowest BCUT2D eigenvalue weighted by atomic mass is 10.0. The van der Waals surface area contributed by atoms with Crippen molar-refractivity contribution in [2.75, 3.05) is 26.2 Å². The number of benzene rings is 1. The largest absolute Gasteiger partial charge is 0.316 e. The summed E-state index contributed by atoms with van der Waals surface area (Å²) in [6.07, 6.45) is 0. The van der Waals surface area contributed by atoms with Gasteiger partial charge in [-0.05, 0) is 37.4 Å². The van der Waals surface area contributed by atoms with Crippen molar-refractivity contribution >= 4 is 12.4 Å². The van der Waals surface area contributed by atoms with E-state index >= 15 is 0 Å². The molecule has 1 N–H and O–H groups in total. The Hall–Kier alpha value is -0.570. The number of nitrogens with zero attached hydrogens (tertiary/aromatic N) is 1. The summed E-state index contributed by atoms with van der Waals surface area (Å²) in [4.78, 5) is 2.61. The summed E-state index contributed by atoms with van der Waals surface area (Å²) < 4.78 is 0. The molecule has 2 fully saturated rings. The second-order valence-electron chi connectivity index (χ2n) is 5.36. The first-order valence-corrected chi connectivity index (χ1v) is 6.30. The number of halogens is 1. The first-order valence-electron chi connectivity index (χ1n) is 6.30. The molecule has 0 aliphatic carbocycles. The molecule has 0 radical (unpaired) electrons. The Labute approximate surface area is 110 Å². The fraction of sp³-hybridized carbons (Fsp3) is 0.571. The van der Waals surface area contributed by atoms with Crippen molar-refractivity contribution < 1.29 is 0 Å². The smallest absolute Gasteiger partial charge is 0.0233 e. The maximum Gasteiger partial charge on any atom is 0.0233 e. The molecule has 0 unspecified atom stereocenters. The molecule has 0 aromatic heterocycles. The number of hydrogen-bond acceptors (Lipinski definition) is 2. The second kappa shape index (κ2) is 5.38. The number of hydrogen-bond donors (Lipinski definition) is 1. The molecule has 17 heavy (non-hydrogen) atoms. The molecule has 1 aromatic carbocycles. The summed E-state index contributed by atoms with van der Waals surface area (Å²) in [7, 11) is 0. The van der Waals surface area contributed by atoms with Crippen molar-refractivity contribution in [2.45, 2.75) is 13.5 Å². The molecule has 0 spiro atoms. The molecule has 2 saturated heterocycles. The molecule has 94 valence electrons. The van der Waals surface area contributed by atoms with Gasteiger partial charge in [0, 0.05) is 19.6 Å². The third kappa shape index (κ3) is 2.82. The van der Waals surface area contributed by atoms with E-state index in [4.69, 9.17) is 0 Å². The van der Waals surface area contributed by atoms with Gasteiger partial charge in [0.1, 0.15) is 0 Å². The number of rotatable bonds is 2. The predicted molar refractivity (Wildman–Crippen MR) is 73.6 cm³/mol. The van der Waals surface area contributed by atoms with Crippen LogP contribution in [0.5, 0.6) is 0 Å². The lowest BCUT2D eigenvalue weighted by Crippen LogP contribution is -2.25. The molecule has 2 nitrogen and oxygen atoms in total. The van der Waals surface area contributed by atoms with Crippen LogP contribution in [0.1, 0.15) is 11.1 Å². The van der Waals surface area contributed by atoms with Gasteiger partial charge in [-0.25, -0.2) is 0 Å². The van der Waals surface area contributed by atoms with Crippen molar-refractivity contribution in [3.63, 3.8) is 0 Å². The van der Waals surface area contributed by atoms with Crippen LogP contribution < -0.4 is 5.32 Å². The molecule has 3 rings (SSSR count). The minimum Gasteiger partial charge on any atom is -0.316 e. The number of fused-ring (bicyclic) bond motifs is 1. The maximum absolute atomic E-state index is 3.49. The predicted octanol–water partition coefficient (Wildman–Crippen LogP) is 2.07. The van der Waals surface area contributed by atoms with Crippen LogP contribution in [0.3, 0.4) is 0 Å². The van der Waals surface area contributed by atoms with Gasteiger partial charge in [-0.2, -0.15) is 0 Å². The maximum atomic E-state index is 3.49. The average Bonchev–Trinajstić information content (AvgIpc) is 2.81. The molecule has 1 aromatic rings. The minimum absolute atomic E-state index is 0. The standard InChI is InChI=1S/C14H20N2.ClH/c1-11-2-4-12(5-3-11)8-16-9-13-6-15-7-14(13)10-16;/h2-5,13-15H,6-10H2,1H3;1H/t13-,14+;. The molecule has 0 bridgehead atoms. The highest BCUT2D eigenvalue weighted by Crippen LogP contribution is 2.27. The molecule has 2 aliphatic rings. The van der Waals surface area contributed by atoms with Crippen molar-refractivity contribution in [1.29, 1.82) is 0 Å². The molecule has 2 heterocycles. The third-order valence-electron chi connectivity index (χ3n) is 3.99. The van der Waals surface area contributed by atoms with Crippen LogP contribution in [-0.2, 0) is 6.54 Å². The van der Waals surface area contributed by atoms with E-state index in [9.17, 15) is 0 Å². The van der Waals surface area contributed by atoms with E-state index in [1.807, 2.05) is 0 Å². The lowest BCUT2D eigenvalue weighted by molar-refractivity contribution is 0.305. The summed E-state index contributed by atoms with van der Waals surface area (Å²) in [6, 6.07) is 8.96. The van der Waals surface area contributed by atoms with E-state index in [2.05, 4.69) is 41.4 Å². The first-order chi connectivity index (χ1) is 7.81. The normalized spacial score (nSPS) is 27.8. The molecular formula is C14H21ClN2. The van der Waals surface area contributed by atoms with Gasteiger partial charge in [0.2, 0.25) is 0 Å². The Balaban J connectivity index is 0.00000108. The fourth-order valence-corrected chi connectivity index (χ4v) is 3.03. The van der Waals surface area contributed by atoms with E-state index in [1.54, 1.807) is 0 Å². The summed E-state index contributed by atoms with van der Waals surface area (Å²) in [5, 5.41) is 3.49. The lowest BCUT2D eigenvalue weighted by Gasteiger charge is -2.16. The highest BCUT2D eigenvalue weighted by molar-refractivity contribution is 5.85. The number of likely N-dealkylation sites (tertiary alicyclic amines) is 1. The van der Waals surface area contributed by atoms with Crippen LogP contribution in [0, 0.1) is 18.8 Å². The van der Waals surface area contributed by atoms with Crippen LogP contribution in [0.2, 0.25) is 0 Å². The fourth-order valence-electron chi connectivity index (χ4n) is 3.03. The van der Waals surface area contributed by atoms with E-state index in [-0.39, 0.29) is 12.4 Å². The Bertz CT molecular complexity index is 351. The summed E-state index contributed by atoms with van der Waals surface area (Å²) in [6.45, 7) is 8.31. The van der Waals surface area contributed by atoms with Gasteiger partial charge in [0.05, 0.1) is 0 Å². The zero-order chi connectivity index (χ0) is 11.0. The SMILES string of the molecule is Cc1ccc(CN2C[C@H]3CNC[C@H]3C2)cc1.Cl. The highest BCUT2D eigenvalue weighted by Gasteiger charge is 2.35. The number of aryl methyl sites for hydroxylation is 1. The van der Waals surface area contributed by atoms with Crippen LogP contribution in [-0.4, -0.2) is 31.1 Å². The van der Waals surface area contributed by atoms with Crippen molar-refractivity contribution in [2.24, 2.45) is 11.8 Å². The van der Waals surface area contributed by atoms with Gasteiger partial charge in [-0.1, -0.05) is 29.8 Å². The molecule has 2 aliphatic heterocycles. The van der Waals surface area contributed by atoms with E-state index < -0.39 is 0 Å². The first kappa shape index (κ1) is 12.9. The van der Waals surface area contributed by atoms with Gasteiger partial charge in [0.25, 0.3) is 0 Å². The molecule has 0 amide bonds. The van der Waals surface area contributed by atoms with Gasteiger partial charge in [-0.3, -0.25) is 4.90 Å². The zero-order valence-corrected chi connectivity index (χ0v) is 11.2. The highest BCUT2D eigenvalue weighted by atomic mass is 35.5. The second-order valence-corrected chi connectivity index (χ2v) is 5.36. The molecule has 0 saturated carbocycles. The van der Waals surface area contributed by atoms with Crippen LogP contribution in [0.15, 0.2) is 24.3 Å². The van der Waals surface area contributed by atoms with Crippen LogP contribution in [0.4, 0.5) is 0 Å². The zero-order valence-electron chi connectivity index (χ0n) is 10.4. The topological polar surface area (TPSA) is 15.3 Å². The number of nitrogens with one attached hydrogen (secondary N) is 1. The Morgan fingerprint density at radius 1 is 1.12 bits per heavy atom. The average molecular weight is 253 g/mol. The van der Waals surface area contributed by atoms with Gasteiger partial charge in [-0.15, -0.1) is 12.4 Å². The van der Waals surface area contributed by atoms with Crippen molar-refractivity contribution in [1.82, 2.24) is 10.2 Å². The Kier molecular flexibility index (Phi) is 4.08. The van der Waals surface area contributed by atoms with Crippen molar-refractivity contribution in [3.8, 4) is 0 Å². The van der Waals surface area contributed by atoms with E-state index in [0.29, 0.717) is 0 Å². The Morgan fingerprint density at radius 2 is 1.71 bits per heavy atom. The van der Waals surface area contributed by atoms with E-state index in [0.717, 1.165) is 18.4 Å².